The van der Waals surface area contributed by atoms with Gasteiger partial charge in [-0.3, -0.25) is 14.5 Å². The van der Waals surface area contributed by atoms with Gasteiger partial charge in [0.05, 0.1) is 37.5 Å². The zero-order valence-electron chi connectivity index (χ0n) is 15.9. The lowest BCUT2D eigenvalue weighted by Gasteiger charge is -2.17. The summed E-state index contributed by atoms with van der Waals surface area (Å²) < 4.78 is 16.3. The predicted octanol–water partition coefficient (Wildman–Crippen LogP) is 3.22. The van der Waals surface area contributed by atoms with Crippen molar-refractivity contribution < 1.29 is 23.8 Å². The first-order chi connectivity index (χ1) is 13.9. The number of rotatable bonds is 6. The Morgan fingerprint density at radius 1 is 1.10 bits per heavy atom. The van der Waals surface area contributed by atoms with E-state index in [0.29, 0.717) is 37.7 Å². The third kappa shape index (κ3) is 3.92. The summed E-state index contributed by atoms with van der Waals surface area (Å²) >= 11 is 6.51. The van der Waals surface area contributed by atoms with Gasteiger partial charge in [0.25, 0.3) is 11.8 Å². The molecule has 0 unspecified atom stereocenters. The van der Waals surface area contributed by atoms with E-state index in [1.54, 1.807) is 42.5 Å². The molecular weight excluding hydrogens is 412 g/mol. The van der Waals surface area contributed by atoms with Crippen LogP contribution in [0.5, 0.6) is 17.2 Å². The van der Waals surface area contributed by atoms with E-state index in [1.807, 2.05) is 0 Å². The van der Waals surface area contributed by atoms with Crippen LogP contribution in [0, 0.1) is 0 Å². The van der Waals surface area contributed by atoms with Gasteiger partial charge >= 0.3 is 0 Å². The Morgan fingerprint density at radius 2 is 1.72 bits per heavy atom. The molecule has 2 N–H and O–H groups in total. The van der Waals surface area contributed by atoms with E-state index in [9.17, 15) is 9.59 Å². The van der Waals surface area contributed by atoms with Gasteiger partial charge in [-0.1, -0.05) is 36.1 Å². The molecule has 29 heavy (non-hydrogen) atoms. The van der Waals surface area contributed by atoms with Gasteiger partial charge in [-0.25, -0.2) is 0 Å². The summed E-state index contributed by atoms with van der Waals surface area (Å²) in [7, 11) is 4.55. The SMILES string of the molecule is COc1cc(/C=C2\SC(=S)N(c3ccccc3C(N)=O)C2=O)cc(OC)c1OC. The summed E-state index contributed by atoms with van der Waals surface area (Å²) in [5.41, 5.74) is 6.69. The standard InChI is InChI=1S/C20H18N2O5S2/c1-25-14-8-11(9-15(26-2)17(14)27-3)10-16-19(24)22(20(28)29-16)13-7-5-4-6-12(13)18(21)23/h4-10H,1-3H3,(H2,21,23)/b16-10-. The number of thiocarbonyl (C=S) groups is 1. The Hall–Kier alpha value is -3.04. The number of carbonyl (C=O) groups is 2. The monoisotopic (exact) mass is 430 g/mol. The highest BCUT2D eigenvalue weighted by atomic mass is 32.2. The molecule has 1 aliphatic heterocycles. The van der Waals surface area contributed by atoms with Crippen molar-refractivity contribution in [3.8, 4) is 17.2 Å². The Kier molecular flexibility index (Phi) is 6.09. The van der Waals surface area contributed by atoms with Gasteiger partial charge in [-0.15, -0.1) is 0 Å². The van der Waals surface area contributed by atoms with Crippen molar-refractivity contribution in [2.75, 3.05) is 26.2 Å². The van der Waals surface area contributed by atoms with Crippen LogP contribution in [0.3, 0.4) is 0 Å². The van der Waals surface area contributed by atoms with Crippen LogP contribution < -0.4 is 24.8 Å². The van der Waals surface area contributed by atoms with E-state index in [4.69, 9.17) is 32.2 Å². The van der Waals surface area contributed by atoms with E-state index in [0.717, 1.165) is 11.8 Å². The number of para-hydroxylation sites is 1. The third-order valence-electron chi connectivity index (χ3n) is 4.19. The molecule has 0 spiro atoms. The summed E-state index contributed by atoms with van der Waals surface area (Å²) in [4.78, 5) is 26.5. The van der Waals surface area contributed by atoms with E-state index in [1.165, 1.54) is 26.2 Å². The molecular formula is C20H18N2O5S2. The number of hydrogen-bond acceptors (Lipinski definition) is 7. The average Bonchev–Trinajstić information content (AvgIpc) is 2.99. The van der Waals surface area contributed by atoms with E-state index in [2.05, 4.69) is 0 Å². The van der Waals surface area contributed by atoms with Gasteiger partial charge < -0.3 is 19.9 Å². The maximum Gasteiger partial charge on any atom is 0.270 e. The van der Waals surface area contributed by atoms with E-state index < -0.39 is 5.91 Å². The Morgan fingerprint density at radius 3 is 2.28 bits per heavy atom. The van der Waals surface area contributed by atoms with Crippen LogP contribution in [-0.2, 0) is 4.79 Å². The van der Waals surface area contributed by atoms with Crippen molar-refractivity contribution >= 4 is 51.9 Å². The summed E-state index contributed by atoms with van der Waals surface area (Å²) in [6.07, 6.45) is 1.68. The number of nitrogens with zero attached hydrogens (tertiary/aromatic N) is 1. The zero-order valence-corrected chi connectivity index (χ0v) is 17.6. The second kappa shape index (κ2) is 8.54. The topological polar surface area (TPSA) is 91.1 Å². The molecule has 1 fully saturated rings. The number of primary amides is 1. The van der Waals surface area contributed by atoms with E-state index >= 15 is 0 Å². The molecule has 0 atom stereocenters. The minimum absolute atomic E-state index is 0.220. The summed E-state index contributed by atoms with van der Waals surface area (Å²) in [5, 5.41) is 0. The molecule has 0 saturated carbocycles. The molecule has 0 aromatic heterocycles. The molecule has 0 radical (unpaired) electrons. The number of nitrogens with two attached hydrogens (primary N) is 1. The zero-order chi connectivity index (χ0) is 21.1. The molecule has 1 saturated heterocycles. The lowest BCUT2D eigenvalue weighted by molar-refractivity contribution is -0.113. The summed E-state index contributed by atoms with van der Waals surface area (Å²) in [6.45, 7) is 0. The van der Waals surface area contributed by atoms with Gasteiger partial charge in [-0.05, 0) is 35.9 Å². The molecule has 0 bridgehead atoms. The molecule has 2 aromatic rings. The first kappa shape index (κ1) is 20.7. The average molecular weight is 431 g/mol. The number of carbonyl (C=O) groups excluding carboxylic acids is 2. The number of ether oxygens (including phenoxy) is 3. The largest absolute Gasteiger partial charge is 0.493 e. The van der Waals surface area contributed by atoms with Gasteiger partial charge in [0.15, 0.2) is 15.8 Å². The van der Waals surface area contributed by atoms with Crippen LogP contribution in [0.25, 0.3) is 6.08 Å². The van der Waals surface area contributed by atoms with Crippen LogP contribution in [0.1, 0.15) is 15.9 Å². The number of thioether (sulfide) groups is 1. The van der Waals surface area contributed by atoms with Crippen molar-refractivity contribution in [2.45, 2.75) is 0 Å². The van der Waals surface area contributed by atoms with Crippen molar-refractivity contribution in [3.05, 3.63) is 52.4 Å². The minimum Gasteiger partial charge on any atom is -0.493 e. The van der Waals surface area contributed by atoms with Crippen LogP contribution >= 0.6 is 24.0 Å². The smallest absolute Gasteiger partial charge is 0.270 e. The van der Waals surface area contributed by atoms with Crippen LogP contribution in [0.4, 0.5) is 5.69 Å². The number of hydrogen-bond donors (Lipinski definition) is 1. The van der Waals surface area contributed by atoms with Gasteiger partial charge in [0, 0.05) is 0 Å². The highest BCUT2D eigenvalue weighted by Gasteiger charge is 2.35. The molecule has 2 amide bonds. The van der Waals surface area contributed by atoms with Crippen molar-refractivity contribution in [3.63, 3.8) is 0 Å². The molecule has 2 aromatic carbocycles. The van der Waals surface area contributed by atoms with Crippen LogP contribution in [0.15, 0.2) is 41.3 Å². The molecule has 150 valence electrons. The van der Waals surface area contributed by atoms with Crippen molar-refractivity contribution in [2.24, 2.45) is 5.73 Å². The number of benzene rings is 2. The van der Waals surface area contributed by atoms with Crippen molar-refractivity contribution in [1.29, 1.82) is 0 Å². The van der Waals surface area contributed by atoms with Crippen molar-refractivity contribution in [1.82, 2.24) is 0 Å². The Bertz CT molecular complexity index is 1010. The maximum absolute atomic E-state index is 13.0. The molecule has 1 aliphatic rings. The minimum atomic E-state index is -0.636. The third-order valence-corrected chi connectivity index (χ3v) is 5.49. The fourth-order valence-electron chi connectivity index (χ4n) is 2.89. The van der Waals surface area contributed by atoms with E-state index in [-0.39, 0.29) is 11.5 Å². The predicted molar refractivity (Wildman–Crippen MR) is 117 cm³/mol. The molecule has 3 rings (SSSR count). The lowest BCUT2D eigenvalue weighted by Crippen LogP contribution is -2.30. The molecule has 9 heteroatoms. The maximum atomic E-state index is 13.0. The molecule has 1 heterocycles. The first-order valence-electron chi connectivity index (χ1n) is 8.38. The summed E-state index contributed by atoms with van der Waals surface area (Å²) in [5.74, 6) is 0.404. The second-order valence-corrected chi connectivity index (χ2v) is 7.53. The number of anilines is 1. The Balaban J connectivity index is 2.03. The first-order valence-corrected chi connectivity index (χ1v) is 9.60. The van der Waals surface area contributed by atoms with Gasteiger partial charge in [-0.2, -0.15) is 0 Å². The molecule has 7 nitrogen and oxygen atoms in total. The van der Waals surface area contributed by atoms with Gasteiger partial charge in [0.2, 0.25) is 5.75 Å². The second-order valence-electron chi connectivity index (χ2n) is 5.86. The molecule has 0 aliphatic carbocycles. The normalized spacial score (nSPS) is 15.0. The fourth-order valence-corrected chi connectivity index (χ4v) is 4.17. The van der Waals surface area contributed by atoms with Crippen LogP contribution in [-0.4, -0.2) is 37.5 Å². The highest BCUT2D eigenvalue weighted by molar-refractivity contribution is 8.27. The quantitative estimate of drug-likeness (QED) is 0.556. The summed E-state index contributed by atoms with van der Waals surface area (Å²) in [6, 6.07) is 10.0. The van der Waals surface area contributed by atoms with Gasteiger partial charge in [0.1, 0.15) is 0 Å². The Labute approximate surface area is 177 Å². The fraction of sp³-hybridized carbons (Fsp3) is 0.150. The highest BCUT2D eigenvalue weighted by Crippen LogP contribution is 2.41. The van der Waals surface area contributed by atoms with Crippen LogP contribution in [0.2, 0.25) is 0 Å². The number of amides is 2. The number of methoxy groups -OCH3 is 3. The lowest BCUT2D eigenvalue weighted by atomic mass is 10.1.